The van der Waals surface area contributed by atoms with Gasteiger partial charge in [-0.2, -0.15) is 0 Å². The van der Waals surface area contributed by atoms with Crippen LogP contribution in [0.1, 0.15) is 18.4 Å². The number of hydrogen-bond acceptors (Lipinski definition) is 3. The zero-order valence-corrected chi connectivity index (χ0v) is 8.43. The second kappa shape index (κ2) is 4.45. The van der Waals surface area contributed by atoms with Gasteiger partial charge in [-0.15, -0.1) is 0 Å². The molecule has 0 unspecified atom stereocenters. The largest absolute Gasteiger partial charge is 0.459 e. The van der Waals surface area contributed by atoms with E-state index >= 15 is 0 Å². The van der Waals surface area contributed by atoms with Crippen LogP contribution in [-0.4, -0.2) is 17.2 Å². The summed E-state index contributed by atoms with van der Waals surface area (Å²) in [6, 6.07) is 9.46. The van der Waals surface area contributed by atoms with Gasteiger partial charge >= 0.3 is 5.97 Å². The summed E-state index contributed by atoms with van der Waals surface area (Å²) in [7, 11) is 0. The minimum atomic E-state index is -0.922. The van der Waals surface area contributed by atoms with Crippen LogP contribution in [0.15, 0.2) is 30.3 Å². The van der Waals surface area contributed by atoms with Crippen molar-refractivity contribution in [3.05, 3.63) is 35.9 Å². The summed E-state index contributed by atoms with van der Waals surface area (Å²) in [5.74, 6) is -0.366. The SMILES string of the molecule is O=C(OCc1ccccc1)[C@H](O)C1CC1. The van der Waals surface area contributed by atoms with Crippen LogP contribution in [0.25, 0.3) is 0 Å². The van der Waals surface area contributed by atoms with Gasteiger partial charge in [0.15, 0.2) is 6.10 Å². The molecule has 0 saturated heterocycles. The summed E-state index contributed by atoms with van der Waals surface area (Å²) in [6.07, 6.45) is 0.942. The molecule has 2 rings (SSSR count). The third kappa shape index (κ3) is 2.80. The first kappa shape index (κ1) is 10.2. The lowest BCUT2D eigenvalue weighted by Crippen LogP contribution is -2.24. The molecular weight excluding hydrogens is 192 g/mol. The number of aliphatic hydroxyl groups is 1. The molecule has 0 aromatic heterocycles. The average Bonchev–Trinajstić information content (AvgIpc) is 3.10. The number of rotatable bonds is 4. The minimum Gasteiger partial charge on any atom is -0.459 e. The zero-order chi connectivity index (χ0) is 10.7. The number of aliphatic hydroxyl groups excluding tert-OH is 1. The fourth-order valence-electron chi connectivity index (χ4n) is 1.42. The lowest BCUT2D eigenvalue weighted by Gasteiger charge is -2.09. The van der Waals surface area contributed by atoms with Crippen molar-refractivity contribution >= 4 is 5.97 Å². The monoisotopic (exact) mass is 206 g/mol. The molecule has 1 fully saturated rings. The van der Waals surface area contributed by atoms with Gasteiger partial charge in [0.05, 0.1) is 0 Å². The van der Waals surface area contributed by atoms with Crippen molar-refractivity contribution in [3.8, 4) is 0 Å². The second-order valence-electron chi connectivity index (χ2n) is 3.88. The third-order valence-corrected chi connectivity index (χ3v) is 2.53. The minimum absolute atomic E-state index is 0.133. The van der Waals surface area contributed by atoms with Gasteiger partial charge in [0.1, 0.15) is 6.61 Å². The van der Waals surface area contributed by atoms with Crippen molar-refractivity contribution < 1.29 is 14.6 Å². The number of esters is 1. The van der Waals surface area contributed by atoms with Crippen LogP contribution < -0.4 is 0 Å². The van der Waals surface area contributed by atoms with Gasteiger partial charge < -0.3 is 9.84 Å². The maximum atomic E-state index is 11.3. The first-order valence-corrected chi connectivity index (χ1v) is 5.16. The molecule has 15 heavy (non-hydrogen) atoms. The fourth-order valence-corrected chi connectivity index (χ4v) is 1.42. The number of carbonyl (C=O) groups is 1. The van der Waals surface area contributed by atoms with Gasteiger partial charge in [0.25, 0.3) is 0 Å². The van der Waals surface area contributed by atoms with Crippen LogP contribution in [0.3, 0.4) is 0 Å². The van der Waals surface area contributed by atoms with E-state index < -0.39 is 12.1 Å². The van der Waals surface area contributed by atoms with E-state index in [0.29, 0.717) is 0 Å². The van der Waals surface area contributed by atoms with Gasteiger partial charge in [-0.3, -0.25) is 0 Å². The molecule has 1 aromatic rings. The predicted molar refractivity (Wildman–Crippen MR) is 55.0 cm³/mol. The van der Waals surface area contributed by atoms with E-state index in [1.54, 1.807) is 0 Å². The van der Waals surface area contributed by atoms with Crippen LogP contribution in [0.5, 0.6) is 0 Å². The lowest BCUT2D eigenvalue weighted by atomic mass is 10.2. The normalized spacial score (nSPS) is 17.1. The van der Waals surface area contributed by atoms with Crippen LogP contribution in [0.2, 0.25) is 0 Å². The Balaban J connectivity index is 1.80. The Morgan fingerprint density at radius 1 is 1.40 bits per heavy atom. The van der Waals surface area contributed by atoms with Crippen LogP contribution in [0.4, 0.5) is 0 Å². The standard InChI is InChI=1S/C12H14O3/c13-11(10-6-7-10)12(14)15-8-9-4-2-1-3-5-9/h1-5,10-11,13H,6-8H2/t11-/m1/s1. The van der Waals surface area contributed by atoms with E-state index in [4.69, 9.17) is 4.74 Å². The summed E-state index contributed by atoms with van der Waals surface area (Å²) in [6.45, 7) is 0.240. The van der Waals surface area contributed by atoms with Crippen molar-refractivity contribution in [2.75, 3.05) is 0 Å². The molecule has 1 aliphatic carbocycles. The van der Waals surface area contributed by atoms with Crippen LogP contribution >= 0.6 is 0 Å². The molecule has 3 nitrogen and oxygen atoms in total. The molecule has 1 N–H and O–H groups in total. The topological polar surface area (TPSA) is 46.5 Å². The zero-order valence-electron chi connectivity index (χ0n) is 8.43. The molecule has 1 aromatic carbocycles. The number of benzene rings is 1. The first-order chi connectivity index (χ1) is 7.27. The molecule has 0 bridgehead atoms. The number of ether oxygens (including phenoxy) is 1. The maximum absolute atomic E-state index is 11.3. The van der Waals surface area contributed by atoms with Gasteiger partial charge in [-0.05, 0) is 24.3 Å². The molecule has 3 heteroatoms. The predicted octanol–water partition coefficient (Wildman–Crippen LogP) is 1.50. The third-order valence-electron chi connectivity index (χ3n) is 2.53. The Morgan fingerprint density at radius 3 is 2.67 bits per heavy atom. The van der Waals surface area contributed by atoms with E-state index in [1.807, 2.05) is 30.3 Å². The fraction of sp³-hybridized carbons (Fsp3) is 0.417. The highest BCUT2D eigenvalue weighted by atomic mass is 16.5. The molecule has 0 spiro atoms. The quantitative estimate of drug-likeness (QED) is 0.759. The highest BCUT2D eigenvalue weighted by Crippen LogP contribution is 2.33. The van der Waals surface area contributed by atoms with Gasteiger partial charge in [0, 0.05) is 0 Å². The molecule has 0 radical (unpaired) electrons. The summed E-state index contributed by atoms with van der Waals surface area (Å²) < 4.78 is 5.00. The van der Waals surface area contributed by atoms with Gasteiger partial charge in [-0.25, -0.2) is 4.79 Å². The molecule has 1 aliphatic rings. The van der Waals surface area contributed by atoms with Crippen molar-refractivity contribution in [2.45, 2.75) is 25.6 Å². The molecule has 0 heterocycles. The van der Waals surface area contributed by atoms with E-state index in [-0.39, 0.29) is 12.5 Å². The Bertz CT molecular complexity index is 330. The molecule has 1 saturated carbocycles. The molecule has 0 aliphatic heterocycles. The van der Waals surface area contributed by atoms with E-state index in [1.165, 1.54) is 0 Å². The summed E-state index contributed by atoms with van der Waals surface area (Å²) in [4.78, 5) is 11.3. The van der Waals surface area contributed by atoms with E-state index in [2.05, 4.69) is 0 Å². The van der Waals surface area contributed by atoms with E-state index in [0.717, 1.165) is 18.4 Å². The molecule has 80 valence electrons. The highest BCUT2D eigenvalue weighted by Gasteiger charge is 2.35. The summed E-state index contributed by atoms with van der Waals surface area (Å²) >= 11 is 0. The molecular formula is C12H14O3. The van der Waals surface area contributed by atoms with Crippen molar-refractivity contribution in [2.24, 2.45) is 5.92 Å². The number of carbonyl (C=O) groups excluding carboxylic acids is 1. The van der Waals surface area contributed by atoms with Crippen LogP contribution in [0, 0.1) is 5.92 Å². The van der Waals surface area contributed by atoms with Crippen molar-refractivity contribution in [3.63, 3.8) is 0 Å². The first-order valence-electron chi connectivity index (χ1n) is 5.16. The Kier molecular flexibility index (Phi) is 3.02. The molecule has 0 amide bonds. The summed E-state index contributed by atoms with van der Waals surface area (Å²) in [5, 5.41) is 9.46. The van der Waals surface area contributed by atoms with Gasteiger partial charge in [-0.1, -0.05) is 30.3 Å². The molecule has 1 atom stereocenters. The van der Waals surface area contributed by atoms with Crippen molar-refractivity contribution in [1.29, 1.82) is 0 Å². The Morgan fingerprint density at radius 2 is 2.07 bits per heavy atom. The lowest BCUT2D eigenvalue weighted by molar-refractivity contribution is -0.156. The second-order valence-corrected chi connectivity index (χ2v) is 3.88. The van der Waals surface area contributed by atoms with E-state index in [9.17, 15) is 9.90 Å². The Hall–Kier alpha value is -1.35. The average molecular weight is 206 g/mol. The maximum Gasteiger partial charge on any atom is 0.335 e. The van der Waals surface area contributed by atoms with Crippen molar-refractivity contribution in [1.82, 2.24) is 0 Å². The van der Waals surface area contributed by atoms with Gasteiger partial charge in [0.2, 0.25) is 0 Å². The van der Waals surface area contributed by atoms with Crippen LogP contribution in [-0.2, 0) is 16.1 Å². The summed E-state index contributed by atoms with van der Waals surface area (Å²) in [5.41, 5.74) is 0.939. The smallest absolute Gasteiger partial charge is 0.335 e. The Labute approximate surface area is 88.7 Å². The number of hydrogen-bond donors (Lipinski definition) is 1. The highest BCUT2D eigenvalue weighted by molar-refractivity contribution is 5.75.